The summed E-state index contributed by atoms with van der Waals surface area (Å²) in [7, 11) is 0. The standard InChI is InChI=1S/C24H22FN5O5S/c1-13-4-9-17(35-13)20(23(32)28-11-14-5-7-15(25)8-6-14)30(12-16-3-2-10-34-16)24(33)21-18(26)19(22(27)31)29-36-21/h2-10,20H,11-12,26H2,1H3,(H2,27,31)(H,28,32)/t20-/m0/s1. The summed E-state index contributed by atoms with van der Waals surface area (Å²) in [6, 6.07) is 10.9. The van der Waals surface area contributed by atoms with E-state index in [9.17, 15) is 18.8 Å². The molecule has 0 bridgehead atoms. The summed E-state index contributed by atoms with van der Waals surface area (Å²) in [5, 5.41) is 2.77. The Hall–Kier alpha value is -4.45. The zero-order valence-corrected chi connectivity index (χ0v) is 19.9. The number of primary amides is 1. The molecule has 10 nitrogen and oxygen atoms in total. The molecule has 3 heterocycles. The molecule has 1 atom stereocenters. The minimum atomic E-state index is -1.24. The van der Waals surface area contributed by atoms with Crippen LogP contribution < -0.4 is 16.8 Å². The van der Waals surface area contributed by atoms with Gasteiger partial charge in [0.25, 0.3) is 17.7 Å². The summed E-state index contributed by atoms with van der Waals surface area (Å²) in [4.78, 5) is 40.0. The Kier molecular flexibility index (Phi) is 7.15. The van der Waals surface area contributed by atoms with Crippen LogP contribution in [0.5, 0.6) is 0 Å². The number of nitrogens with two attached hydrogens (primary N) is 2. The number of nitrogen functional groups attached to an aromatic ring is 1. The van der Waals surface area contributed by atoms with Crippen LogP contribution in [0.3, 0.4) is 0 Å². The van der Waals surface area contributed by atoms with Crippen LogP contribution in [0, 0.1) is 12.7 Å². The number of carbonyl (C=O) groups is 3. The normalized spacial score (nSPS) is 11.7. The highest BCUT2D eigenvalue weighted by atomic mass is 32.1. The Morgan fingerprint density at radius 1 is 1.17 bits per heavy atom. The lowest BCUT2D eigenvalue weighted by atomic mass is 10.1. The summed E-state index contributed by atoms with van der Waals surface area (Å²) in [5.74, 6) is -1.41. The third kappa shape index (κ3) is 5.28. The molecule has 0 aliphatic rings. The fraction of sp³-hybridized carbons (Fsp3) is 0.167. The van der Waals surface area contributed by atoms with E-state index in [4.69, 9.17) is 20.3 Å². The lowest BCUT2D eigenvalue weighted by molar-refractivity contribution is -0.126. The Morgan fingerprint density at radius 2 is 1.92 bits per heavy atom. The number of aryl methyl sites for hydroxylation is 1. The van der Waals surface area contributed by atoms with E-state index in [1.165, 1.54) is 35.4 Å². The Morgan fingerprint density at radius 3 is 2.50 bits per heavy atom. The fourth-order valence-electron chi connectivity index (χ4n) is 3.52. The van der Waals surface area contributed by atoms with Crippen LogP contribution in [0.25, 0.3) is 0 Å². The smallest absolute Gasteiger partial charge is 0.270 e. The molecular weight excluding hydrogens is 489 g/mol. The average Bonchev–Trinajstić information content (AvgIpc) is 3.60. The summed E-state index contributed by atoms with van der Waals surface area (Å²) in [5.41, 5.74) is 11.6. The molecule has 4 rings (SSSR count). The molecule has 3 amide bonds. The van der Waals surface area contributed by atoms with E-state index in [-0.39, 0.29) is 35.1 Å². The molecule has 1 aromatic carbocycles. The molecule has 4 aromatic rings. The lowest BCUT2D eigenvalue weighted by Gasteiger charge is -2.29. The van der Waals surface area contributed by atoms with Crippen molar-refractivity contribution in [3.05, 3.63) is 94.0 Å². The van der Waals surface area contributed by atoms with Gasteiger partial charge in [0.2, 0.25) is 0 Å². The molecule has 36 heavy (non-hydrogen) atoms. The first-order valence-electron chi connectivity index (χ1n) is 10.7. The minimum absolute atomic E-state index is 0.0602. The van der Waals surface area contributed by atoms with Crippen molar-refractivity contribution in [2.24, 2.45) is 5.73 Å². The molecule has 0 unspecified atom stereocenters. The van der Waals surface area contributed by atoms with Crippen LogP contribution in [-0.4, -0.2) is 27.0 Å². The minimum Gasteiger partial charge on any atom is -0.467 e. The van der Waals surface area contributed by atoms with Crippen molar-refractivity contribution in [1.29, 1.82) is 0 Å². The molecular formula is C24H22FN5O5S. The number of nitrogens with zero attached hydrogens (tertiary/aromatic N) is 2. The van der Waals surface area contributed by atoms with Gasteiger partial charge in [-0.15, -0.1) is 0 Å². The van der Waals surface area contributed by atoms with Gasteiger partial charge in [-0.05, 0) is 60.4 Å². The Balaban J connectivity index is 1.71. The van der Waals surface area contributed by atoms with Gasteiger partial charge in [0.05, 0.1) is 18.5 Å². The van der Waals surface area contributed by atoms with Gasteiger partial charge >= 0.3 is 0 Å². The molecule has 5 N–H and O–H groups in total. The van der Waals surface area contributed by atoms with Crippen LogP contribution in [-0.2, 0) is 17.9 Å². The van der Waals surface area contributed by atoms with Gasteiger partial charge in [-0.1, -0.05) is 12.1 Å². The van der Waals surface area contributed by atoms with Gasteiger partial charge < -0.3 is 30.5 Å². The number of anilines is 1. The average molecular weight is 512 g/mol. The number of rotatable bonds is 9. The second kappa shape index (κ2) is 10.4. The number of aromatic nitrogens is 1. The molecule has 0 saturated heterocycles. The van der Waals surface area contributed by atoms with Crippen LogP contribution in [0.4, 0.5) is 10.1 Å². The maximum Gasteiger partial charge on any atom is 0.270 e. The zero-order valence-electron chi connectivity index (χ0n) is 19.1. The number of carbonyl (C=O) groups excluding carboxylic acids is 3. The van der Waals surface area contributed by atoms with Gasteiger partial charge in [0, 0.05) is 6.54 Å². The topological polar surface area (TPSA) is 158 Å². The third-order valence-electron chi connectivity index (χ3n) is 5.29. The maximum absolute atomic E-state index is 13.7. The molecule has 0 aliphatic carbocycles. The molecule has 0 spiro atoms. The van der Waals surface area contributed by atoms with Crippen molar-refractivity contribution in [2.45, 2.75) is 26.1 Å². The number of hydrogen-bond acceptors (Lipinski definition) is 8. The van der Waals surface area contributed by atoms with E-state index in [2.05, 4.69) is 9.69 Å². The van der Waals surface area contributed by atoms with Gasteiger partial charge in [0.15, 0.2) is 11.7 Å². The van der Waals surface area contributed by atoms with E-state index >= 15 is 0 Å². The summed E-state index contributed by atoms with van der Waals surface area (Å²) in [6.45, 7) is 1.66. The monoisotopic (exact) mass is 511 g/mol. The Labute approximate surface area is 208 Å². The van der Waals surface area contributed by atoms with Crippen LogP contribution >= 0.6 is 11.5 Å². The highest BCUT2D eigenvalue weighted by molar-refractivity contribution is 7.09. The van der Waals surface area contributed by atoms with Crippen molar-refractivity contribution in [3.8, 4) is 0 Å². The van der Waals surface area contributed by atoms with Gasteiger partial charge in [-0.2, -0.15) is 4.37 Å². The second-order valence-corrected chi connectivity index (χ2v) is 8.62. The van der Waals surface area contributed by atoms with Crippen molar-refractivity contribution in [1.82, 2.24) is 14.6 Å². The molecule has 0 fully saturated rings. The van der Waals surface area contributed by atoms with E-state index in [0.717, 1.165) is 0 Å². The van der Waals surface area contributed by atoms with E-state index < -0.39 is 29.6 Å². The fourth-order valence-corrected chi connectivity index (χ4v) is 4.28. The molecule has 12 heteroatoms. The zero-order chi connectivity index (χ0) is 25.8. The molecule has 186 valence electrons. The van der Waals surface area contributed by atoms with Gasteiger partial charge in [0.1, 0.15) is 28.0 Å². The highest BCUT2D eigenvalue weighted by Crippen LogP contribution is 2.31. The third-order valence-corrected chi connectivity index (χ3v) is 6.14. The van der Waals surface area contributed by atoms with Crippen LogP contribution in [0.15, 0.2) is 63.6 Å². The number of amides is 3. The number of halogens is 1. The summed E-state index contributed by atoms with van der Waals surface area (Å²) >= 11 is 0.699. The van der Waals surface area contributed by atoms with Crippen molar-refractivity contribution >= 4 is 34.9 Å². The van der Waals surface area contributed by atoms with Gasteiger partial charge in [-0.25, -0.2) is 4.39 Å². The predicted molar refractivity (Wildman–Crippen MR) is 128 cm³/mol. The van der Waals surface area contributed by atoms with Gasteiger partial charge in [-0.3, -0.25) is 14.4 Å². The first-order valence-corrected chi connectivity index (χ1v) is 11.5. The second-order valence-electron chi connectivity index (χ2n) is 7.85. The number of benzene rings is 1. The van der Waals surface area contributed by atoms with Crippen LogP contribution in [0.2, 0.25) is 0 Å². The quantitative estimate of drug-likeness (QED) is 0.311. The predicted octanol–water partition coefficient (Wildman–Crippen LogP) is 3.16. The van der Waals surface area contributed by atoms with E-state index in [1.54, 1.807) is 31.2 Å². The summed E-state index contributed by atoms with van der Waals surface area (Å²) in [6.07, 6.45) is 1.44. The lowest BCUT2D eigenvalue weighted by Crippen LogP contribution is -2.43. The molecule has 0 aliphatic heterocycles. The number of furan rings is 2. The van der Waals surface area contributed by atoms with E-state index in [1.807, 2.05) is 0 Å². The maximum atomic E-state index is 13.7. The summed E-state index contributed by atoms with van der Waals surface area (Å²) < 4.78 is 28.3. The highest BCUT2D eigenvalue weighted by Gasteiger charge is 2.37. The van der Waals surface area contributed by atoms with Crippen LogP contribution in [0.1, 0.15) is 49.0 Å². The Bertz CT molecular complexity index is 1380. The van der Waals surface area contributed by atoms with Crippen molar-refractivity contribution in [3.63, 3.8) is 0 Å². The molecule has 0 radical (unpaired) electrons. The first kappa shape index (κ1) is 24.7. The molecule has 3 aromatic heterocycles. The van der Waals surface area contributed by atoms with E-state index in [0.29, 0.717) is 28.6 Å². The number of hydrogen-bond donors (Lipinski definition) is 3. The molecule has 0 saturated carbocycles. The largest absolute Gasteiger partial charge is 0.467 e. The SMILES string of the molecule is Cc1ccc([C@@H](C(=O)NCc2ccc(F)cc2)N(Cc2ccco2)C(=O)c2snc(C(N)=O)c2N)o1. The number of nitrogens with one attached hydrogen (secondary N) is 1. The van der Waals surface area contributed by atoms with Crippen molar-refractivity contribution < 1.29 is 27.6 Å². The first-order chi connectivity index (χ1) is 17.2. The van der Waals surface area contributed by atoms with Crippen molar-refractivity contribution in [2.75, 3.05) is 5.73 Å².